The third kappa shape index (κ3) is 1.80. The second-order valence-electron chi connectivity index (χ2n) is 7.04. The van der Waals surface area contributed by atoms with E-state index in [0.29, 0.717) is 29.4 Å². The van der Waals surface area contributed by atoms with E-state index in [2.05, 4.69) is 33.0 Å². The van der Waals surface area contributed by atoms with Gasteiger partial charge >= 0.3 is 0 Å². The zero-order chi connectivity index (χ0) is 12.0. The van der Waals surface area contributed by atoms with Crippen LogP contribution in [0.15, 0.2) is 0 Å². The third-order valence-electron chi connectivity index (χ3n) is 5.25. The summed E-state index contributed by atoms with van der Waals surface area (Å²) in [4.78, 5) is 0. The van der Waals surface area contributed by atoms with Crippen molar-refractivity contribution in [2.75, 3.05) is 13.2 Å². The summed E-state index contributed by atoms with van der Waals surface area (Å²) < 4.78 is 0. The molecule has 2 N–H and O–H groups in total. The van der Waals surface area contributed by atoms with Crippen molar-refractivity contribution in [1.29, 1.82) is 0 Å². The second-order valence-corrected chi connectivity index (χ2v) is 7.04. The van der Waals surface area contributed by atoms with E-state index in [-0.39, 0.29) is 0 Å². The van der Waals surface area contributed by atoms with Crippen molar-refractivity contribution >= 4 is 0 Å². The number of aliphatic hydroxyl groups excluding tert-OH is 1. The molecule has 0 aromatic rings. The standard InChI is InChI=1S/C14H27NO/c1-10(9-16)8-15-12-13(2,3)11-5-6-14(12,4)7-11/h10-12,15-16H,5-9H2,1-4H3/t10?,11-,12?,14+/m0/s1. The minimum atomic E-state index is 0.292. The Labute approximate surface area is 99.8 Å². The molecule has 0 spiro atoms. The van der Waals surface area contributed by atoms with Gasteiger partial charge in [-0.05, 0) is 41.9 Å². The summed E-state index contributed by atoms with van der Waals surface area (Å²) in [5, 5.41) is 12.8. The van der Waals surface area contributed by atoms with Crippen LogP contribution in [-0.4, -0.2) is 24.3 Å². The Morgan fingerprint density at radius 2 is 2.06 bits per heavy atom. The van der Waals surface area contributed by atoms with Crippen LogP contribution in [0.4, 0.5) is 0 Å². The van der Waals surface area contributed by atoms with E-state index in [1.807, 2.05) is 0 Å². The monoisotopic (exact) mass is 225 g/mol. The van der Waals surface area contributed by atoms with E-state index in [9.17, 15) is 0 Å². The van der Waals surface area contributed by atoms with Gasteiger partial charge < -0.3 is 10.4 Å². The van der Waals surface area contributed by atoms with Crippen LogP contribution in [0.5, 0.6) is 0 Å². The van der Waals surface area contributed by atoms with Gasteiger partial charge in [-0.3, -0.25) is 0 Å². The minimum absolute atomic E-state index is 0.292. The quantitative estimate of drug-likeness (QED) is 0.770. The predicted molar refractivity (Wildman–Crippen MR) is 67.3 cm³/mol. The summed E-state index contributed by atoms with van der Waals surface area (Å²) in [6.45, 7) is 10.6. The average molecular weight is 225 g/mol. The lowest BCUT2D eigenvalue weighted by molar-refractivity contribution is 0.101. The normalized spacial score (nSPS) is 42.6. The van der Waals surface area contributed by atoms with Crippen molar-refractivity contribution in [1.82, 2.24) is 5.32 Å². The Morgan fingerprint density at radius 1 is 1.38 bits per heavy atom. The topological polar surface area (TPSA) is 32.3 Å². The maximum Gasteiger partial charge on any atom is 0.0468 e. The molecule has 2 unspecified atom stereocenters. The first-order valence-corrected chi connectivity index (χ1v) is 6.74. The molecule has 2 bridgehead atoms. The van der Waals surface area contributed by atoms with Crippen molar-refractivity contribution in [3.8, 4) is 0 Å². The van der Waals surface area contributed by atoms with Gasteiger partial charge in [0.05, 0.1) is 0 Å². The van der Waals surface area contributed by atoms with Crippen LogP contribution in [0.25, 0.3) is 0 Å². The zero-order valence-corrected chi connectivity index (χ0v) is 11.2. The fraction of sp³-hybridized carbons (Fsp3) is 1.00. The van der Waals surface area contributed by atoms with E-state index in [0.717, 1.165) is 12.5 Å². The van der Waals surface area contributed by atoms with Gasteiger partial charge in [-0.2, -0.15) is 0 Å². The molecule has 2 aliphatic rings. The Bertz CT molecular complexity index is 259. The van der Waals surface area contributed by atoms with E-state index >= 15 is 0 Å². The molecule has 94 valence electrons. The van der Waals surface area contributed by atoms with Crippen LogP contribution in [0.2, 0.25) is 0 Å². The number of fused-ring (bicyclic) bond motifs is 2. The molecule has 0 aromatic heterocycles. The van der Waals surface area contributed by atoms with Crippen molar-refractivity contribution < 1.29 is 5.11 Å². The van der Waals surface area contributed by atoms with E-state index < -0.39 is 0 Å². The van der Waals surface area contributed by atoms with E-state index in [1.54, 1.807) is 0 Å². The van der Waals surface area contributed by atoms with Crippen LogP contribution < -0.4 is 5.32 Å². The van der Waals surface area contributed by atoms with Gasteiger partial charge in [-0.25, -0.2) is 0 Å². The van der Waals surface area contributed by atoms with Gasteiger partial charge in [0.1, 0.15) is 0 Å². The molecule has 2 rings (SSSR count). The molecular weight excluding hydrogens is 198 g/mol. The molecule has 0 radical (unpaired) electrons. The van der Waals surface area contributed by atoms with Crippen LogP contribution in [0.1, 0.15) is 47.0 Å². The number of hydrogen-bond acceptors (Lipinski definition) is 2. The first-order valence-electron chi connectivity index (χ1n) is 6.74. The molecule has 0 aliphatic heterocycles. The molecule has 2 saturated carbocycles. The largest absolute Gasteiger partial charge is 0.396 e. The first-order chi connectivity index (χ1) is 7.40. The van der Waals surface area contributed by atoms with Crippen molar-refractivity contribution in [2.45, 2.75) is 53.0 Å². The maximum absolute atomic E-state index is 9.09. The summed E-state index contributed by atoms with van der Waals surface area (Å²) in [7, 11) is 0. The van der Waals surface area contributed by atoms with Crippen LogP contribution in [0, 0.1) is 22.7 Å². The highest BCUT2D eigenvalue weighted by Gasteiger charge is 2.58. The summed E-state index contributed by atoms with van der Waals surface area (Å²) in [6, 6.07) is 0.632. The lowest BCUT2D eigenvalue weighted by atomic mass is 9.68. The van der Waals surface area contributed by atoms with Gasteiger partial charge in [-0.1, -0.05) is 27.7 Å². The Balaban J connectivity index is 2.02. The van der Waals surface area contributed by atoms with E-state index in [1.165, 1.54) is 19.3 Å². The highest BCUT2D eigenvalue weighted by molar-refractivity contribution is 5.11. The smallest absolute Gasteiger partial charge is 0.0468 e. The lowest BCUT2D eigenvalue weighted by Crippen LogP contribution is -2.51. The summed E-state index contributed by atoms with van der Waals surface area (Å²) in [5.74, 6) is 1.28. The molecule has 0 amide bonds. The highest BCUT2D eigenvalue weighted by atomic mass is 16.3. The maximum atomic E-state index is 9.09. The van der Waals surface area contributed by atoms with Gasteiger partial charge in [0, 0.05) is 19.2 Å². The summed E-state index contributed by atoms with van der Waals surface area (Å²) in [6.07, 6.45) is 4.19. The van der Waals surface area contributed by atoms with Gasteiger partial charge in [0.25, 0.3) is 0 Å². The van der Waals surface area contributed by atoms with E-state index in [4.69, 9.17) is 5.11 Å². The van der Waals surface area contributed by atoms with Crippen molar-refractivity contribution in [3.05, 3.63) is 0 Å². The number of hydrogen-bond donors (Lipinski definition) is 2. The first kappa shape index (κ1) is 12.4. The van der Waals surface area contributed by atoms with Gasteiger partial charge in [0.2, 0.25) is 0 Å². The Hall–Kier alpha value is -0.0800. The minimum Gasteiger partial charge on any atom is -0.396 e. The average Bonchev–Trinajstić information content (AvgIpc) is 2.68. The molecule has 0 saturated heterocycles. The molecular formula is C14H27NO. The molecule has 2 fully saturated rings. The van der Waals surface area contributed by atoms with Crippen LogP contribution >= 0.6 is 0 Å². The zero-order valence-electron chi connectivity index (χ0n) is 11.2. The van der Waals surface area contributed by atoms with Gasteiger partial charge in [-0.15, -0.1) is 0 Å². The number of aliphatic hydroxyl groups is 1. The molecule has 4 atom stereocenters. The fourth-order valence-corrected chi connectivity index (χ4v) is 4.20. The van der Waals surface area contributed by atoms with Crippen molar-refractivity contribution in [3.63, 3.8) is 0 Å². The Morgan fingerprint density at radius 3 is 2.56 bits per heavy atom. The lowest BCUT2D eigenvalue weighted by Gasteiger charge is -2.43. The van der Waals surface area contributed by atoms with Gasteiger partial charge in [0.15, 0.2) is 0 Å². The Kier molecular flexibility index (Phi) is 3.09. The van der Waals surface area contributed by atoms with Crippen molar-refractivity contribution in [2.24, 2.45) is 22.7 Å². The molecule has 2 nitrogen and oxygen atoms in total. The molecule has 2 heteroatoms. The van der Waals surface area contributed by atoms with Crippen LogP contribution in [-0.2, 0) is 0 Å². The number of nitrogens with one attached hydrogen (secondary N) is 1. The molecule has 2 aliphatic carbocycles. The SMILES string of the molecule is CC(CO)CNC1C(C)(C)[C@H]2CC[C@]1(C)C2. The predicted octanol–water partition coefficient (Wildman–Crippen LogP) is 2.42. The number of rotatable bonds is 4. The molecule has 16 heavy (non-hydrogen) atoms. The third-order valence-corrected chi connectivity index (χ3v) is 5.25. The summed E-state index contributed by atoms with van der Waals surface area (Å²) in [5.41, 5.74) is 0.936. The molecule has 0 aromatic carbocycles. The van der Waals surface area contributed by atoms with Crippen LogP contribution in [0.3, 0.4) is 0 Å². The fourth-order valence-electron chi connectivity index (χ4n) is 4.20. The second kappa shape index (κ2) is 3.99. The molecule has 0 heterocycles. The highest BCUT2D eigenvalue weighted by Crippen LogP contribution is 2.62. The summed E-state index contributed by atoms with van der Waals surface area (Å²) >= 11 is 0.